The normalized spacial score (nSPS) is 16.0. The Morgan fingerprint density at radius 2 is 2.00 bits per heavy atom. The van der Waals surface area contributed by atoms with Crippen LogP contribution in [0, 0.1) is 13.8 Å². The molecular weight excluding hydrogens is 316 g/mol. The number of hydrogen-bond donors (Lipinski definition) is 2. The van der Waals surface area contributed by atoms with Crippen LogP contribution in [-0.4, -0.2) is 18.0 Å². The maximum Gasteiger partial charge on any atom is 0.287 e. The maximum absolute atomic E-state index is 12.4. The van der Waals surface area contributed by atoms with Crippen LogP contribution >= 0.6 is 0 Å². The zero-order valence-electron chi connectivity index (χ0n) is 14.9. The van der Waals surface area contributed by atoms with Gasteiger partial charge in [0.05, 0.1) is 5.54 Å². The van der Waals surface area contributed by atoms with Gasteiger partial charge < -0.3 is 20.2 Å². The van der Waals surface area contributed by atoms with Crippen LogP contribution in [0.25, 0.3) is 0 Å². The molecule has 0 bridgehead atoms. The average molecular weight is 342 g/mol. The molecule has 134 valence electrons. The van der Waals surface area contributed by atoms with Crippen LogP contribution in [-0.2, 0) is 6.61 Å². The highest BCUT2D eigenvalue weighted by Gasteiger charge is 2.34. The smallest absolute Gasteiger partial charge is 0.287 e. The number of rotatable bonds is 6. The summed E-state index contributed by atoms with van der Waals surface area (Å²) in [5.41, 5.74) is 7.87. The van der Waals surface area contributed by atoms with Gasteiger partial charge in [0, 0.05) is 6.54 Å². The summed E-state index contributed by atoms with van der Waals surface area (Å²) in [5, 5.41) is 3.06. The van der Waals surface area contributed by atoms with Crippen molar-refractivity contribution in [3.63, 3.8) is 0 Å². The number of carbonyl (C=O) groups is 1. The van der Waals surface area contributed by atoms with E-state index in [-0.39, 0.29) is 11.4 Å². The summed E-state index contributed by atoms with van der Waals surface area (Å²) in [6, 6.07) is 9.51. The second-order valence-electron chi connectivity index (χ2n) is 6.97. The van der Waals surface area contributed by atoms with Crippen molar-refractivity contribution in [1.82, 2.24) is 5.32 Å². The molecule has 0 aliphatic heterocycles. The Morgan fingerprint density at radius 1 is 1.24 bits per heavy atom. The Labute approximate surface area is 148 Å². The fraction of sp³-hybridized carbons (Fsp3) is 0.450. The van der Waals surface area contributed by atoms with Crippen molar-refractivity contribution in [1.29, 1.82) is 0 Å². The van der Waals surface area contributed by atoms with Crippen LogP contribution < -0.4 is 15.8 Å². The highest BCUT2D eigenvalue weighted by atomic mass is 16.5. The third-order valence-corrected chi connectivity index (χ3v) is 4.92. The summed E-state index contributed by atoms with van der Waals surface area (Å²) in [6.45, 7) is 4.81. The molecule has 0 saturated heterocycles. The number of aryl methyl sites for hydroxylation is 2. The van der Waals surface area contributed by atoms with Gasteiger partial charge in [-0.3, -0.25) is 4.79 Å². The number of ether oxygens (including phenoxy) is 1. The molecule has 1 fully saturated rings. The molecule has 0 atom stereocenters. The molecule has 1 aliphatic carbocycles. The molecular formula is C20H26N2O3. The number of amides is 1. The van der Waals surface area contributed by atoms with E-state index in [0.717, 1.165) is 37.0 Å². The van der Waals surface area contributed by atoms with Gasteiger partial charge in [0.1, 0.15) is 18.1 Å². The average Bonchev–Trinajstić information content (AvgIpc) is 3.24. The standard InChI is InChI=1S/C20H26N2O3/c1-14-5-7-17(15(2)11-14)24-12-16-6-8-18(25-16)19(23)22-20(13-21)9-3-4-10-20/h5-8,11H,3-4,9-10,12-13,21H2,1-2H3,(H,22,23). The van der Waals surface area contributed by atoms with Crippen LogP contribution in [0.1, 0.15) is 53.1 Å². The van der Waals surface area contributed by atoms with Crippen LogP contribution in [0.5, 0.6) is 5.75 Å². The molecule has 1 heterocycles. The molecule has 1 saturated carbocycles. The van der Waals surface area contributed by atoms with Gasteiger partial charge in [-0.05, 0) is 50.5 Å². The Hall–Kier alpha value is -2.27. The van der Waals surface area contributed by atoms with Gasteiger partial charge in [-0.15, -0.1) is 0 Å². The molecule has 5 heteroatoms. The van der Waals surface area contributed by atoms with Crippen molar-refractivity contribution in [3.8, 4) is 5.75 Å². The van der Waals surface area contributed by atoms with Crippen LogP contribution in [0.2, 0.25) is 0 Å². The first kappa shape index (κ1) is 17.5. The third-order valence-electron chi connectivity index (χ3n) is 4.92. The fourth-order valence-electron chi connectivity index (χ4n) is 3.42. The molecule has 0 unspecified atom stereocenters. The molecule has 1 aromatic carbocycles. The number of nitrogens with two attached hydrogens (primary N) is 1. The molecule has 2 aromatic rings. The second-order valence-corrected chi connectivity index (χ2v) is 6.97. The quantitative estimate of drug-likeness (QED) is 0.842. The van der Waals surface area contributed by atoms with Crippen molar-refractivity contribution in [2.45, 2.75) is 51.7 Å². The van der Waals surface area contributed by atoms with Crippen molar-refractivity contribution in [3.05, 3.63) is 53.0 Å². The van der Waals surface area contributed by atoms with E-state index in [1.54, 1.807) is 12.1 Å². The molecule has 25 heavy (non-hydrogen) atoms. The lowest BCUT2D eigenvalue weighted by atomic mass is 9.98. The fourth-order valence-corrected chi connectivity index (χ4v) is 3.42. The van der Waals surface area contributed by atoms with Gasteiger partial charge in [-0.1, -0.05) is 30.5 Å². The third kappa shape index (κ3) is 4.04. The molecule has 0 spiro atoms. The van der Waals surface area contributed by atoms with E-state index in [2.05, 4.69) is 11.4 Å². The molecule has 1 amide bonds. The van der Waals surface area contributed by atoms with Gasteiger partial charge in [0.15, 0.2) is 5.76 Å². The minimum atomic E-state index is -0.278. The first-order valence-corrected chi connectivity index (χ1v) is 8.83. The molecule has 1 aliphatic rings. The van der Waals surface area contributed by atoms with E-state index in [9.17, 15) is 4.79 Å². The summed E-state index contributed by atoms with van der Waals surface area (Å²) in [7, 11) is 0. The van der Waals surface area contributed by atoms with Gasteiger partial charge in [0.25, 0.3) is 5.91 Å². The Kier molecular flexibility index (Phi) is 5.13. The first-order valence-electron chi connectivity index (χ1n) is 8.83. The lowest BCUT2D eigenvalue weighted by molar-refractivity contribution is 0.0870. The summed E-state index contributed by atoms with van der Waals surface area (Å²) >= 11 is 0. The second kappa shape index (κ2) is 7.31. The van der Waals surface area contributed by atoms with Crippen LogP contribution in [0.15, 0.2) is 34.7 Å². The Balaban J connectivity index is 1.61. The van der Waals surface area contributed by atoms with E-state index in [1.165, 1.54) is 5.56 Å². The lowest BCUT2D eigenvalue weighted by Crippen LogP contribution is -2.51. The van der Waals surface area contributed by atoms with Crippen molar-refractivity contribution in [2.75, 3.05) is 6.54 Å². The Bertz CT molecular complexity index is 745. The molecule has 3 rings (SSSR count). The minimum absolute atomic E-state index is 0.204. The Morgan fingerprint density at radius 3 is 2.68 bits per heavy atom. The molecule has 3 N–H and O–H groups in total. The molecule has 1 aromatic heterocycles. The largest absolute Gasteiger partial charge is 0.485 e. The van der Waals surface area contributed by atoms with Crippen molar-refractivity contribution >= 4 is 5.91 Å². The first-order chi connectivity index (χ1) is 12.0. The number of furan rings is 1. The SMILES string of the molecule is Cc1ccc(OCc2ccc(C(=O)NC3(CN)CCCC3)o2)c(C)c1. The predicted molar refractivity (Wildman–Crippen MR) is 96.7 cm³/mol. The summed E-state index contributed by atoms with van der Waals surface area (Å²) in [4.78, 5) is 12.4. The highest BCUT2D eigenvalue weighted by molar-refractivity contribution is 5.92. The van der Waals surface area contributed by atoms with Gasteiger partial charge >= 0.3 is 0 Å². The number of benzene rings is 1. The summed E-state index contributed by atoms with van der Waals surface area (Å²) in [5.74, 6) is 1.54. The molecule has 5 nitrogen and oxygen atoms in total. The van der Waals surface area contributed by atoms with Crippen LogP contribution in [0.4, 0.5) is 0 Å². The summed E-state index contributed by atoms with van der Waals surface area (Å²) < 4.78 is 11.5. The van der Waals surface area contributed by atoms with Crippen molar-refractivity contribution < 1.29 is 13.9 Å². The highest BCUT2D eigenvalue weighted by Crippen LogP contribution is 2.29. The number of carbonyl (C=O) groups excluding carboxylic acids is 1. The predicted octanol–water partition coefficient (Wildman–Crippen LogP) is 3.48. The van der Waals surface area contributed by atoms with E-state index in [4.69, 9.17) is 14.9 Å². The van der Waals surface area contributed by atoms with Gasteiger partial charge in [0.2, 0.25) is 0 Å². The van der Waals surface area contributed by atoms with Gasteiger partial charge in [-0.2, -0.15) is 0 Å². The van der Waals surface area contributed by atoms with E-state index in [1.807, 2.05) is 26.0 Å². The monoisotopic (exact) mass is 342 g/mol. The van der Waals surface area contributed by atoms with Crippen molar-refractivity contribution in [2.24, 2.45) is 5.73 Å². The van der Waals surface area contributed by atoms with E-state index in [0.29, 0.717) is 24.7 Å². The number of hydrogen-bond acceptors (Lipinski definition) is 4. The lowest BCUT2D eigenvalue weighted by Gasteiger charge is -2.28. The van der Waals surface area contributed by atoms with E-state index < -0.39 is 0 Å². The van der Waals surface area contributed by atoms with Crippen LogP contribution in [0.3, 0.4) is 0 Å². The molecule has 0 radical (unpaired) electrons. The maximum atomic E-state index is 12.4. The van der Waals surface area contributed by atoms with E-state index >= 15 is 0 Å². The number of nitrogens with one attached hydrogen (secondary N) is 1. The topological polar surface area (TPSA) is 77.5 Å². The zero-order valence-corrected chi connectivity index (χ0v) is 14.9. The minimum Gasteiger partial charge on any atom is -0.485 e. The zero-order chi connectivity index (χ0) is 17.9. The summed E-state index contributed by atoms with van der Waals surface area (Å²) in [6.07, 6.45) is 4.06. The van der Waals surface area contributed by atoms with Gasteiger partial charge in [-0.25, -0.2) is 0 Å².